The van der Waals surface area contributed by atoms with Crippen molar-refractivity contribution in [3.63, 3.8) is 0 Å². The Bertz CT molecular complexity index is 352. The molecule has 0 fully saturated rings. The van der Waals surface area contributed by atoms with Gasteiger partial charge in [0.2, 0.25) is 0 Å². The molecular formula is C10H10BrClOS. The number of benzene rings is 1. The second-order valence-electron chi connectivity index (χ2n) is 2.83. The highest BCUT2D eigenvalue weighted by molar-refractivity contribution is 9.10. The quantitative estimate of drug-likeness (QED) is 0.476. The van der Waals surface area contributed by atoms with E-state index < -0.39 is 5.38 Å². The standard InChI is InChI=1S/C10H10BrClOS/c1-6(12)10(13)8-5-7(14-2)3-4-9(8)11/h3-6H,1-2H3. The molecule has 0 aliphatic carbocycles. The Morgan fingerprint density at radius 3 is 2.71 bits per heavy atom. The third-order valence-corrected chi connectivity index (χ3v) is 3.42. The van der Waals surface area contributed by atoms with Crippen LogP contribution >= 0.6 is 39.3 Å². The number of hydrogen-bond donors (Lipinski definition) is 0. The Labute approximate surface area is 101 Å². The first kappa shape index (κ1) is 12.1. The highest BCUT2D eigenvalue weighted by Gasteiger charge is 2.15. The minimum atomic E-state index is -0.483. The van der Waals surface area contributed by atoms with Crippen molar-refractivity contribution in [1.82, 2.24) is 0 Å². The van der Waals surface area contributed by atoms with Crippen molar-refractivity contribution in [3.8, 4) is 0 Å². The van der Waals surface area contributed by atoms with E-state index in [1.54, 1.807) is 18.7 Å². The largest absolute Gasteiger partial charge is 0.292 e. The lowest BCUT2D eigenvalue weighted by Gasteiger charge is -2.06. The molecule has 0 aliphatic rings. The van der Waals surface area contributed by atoms with Crippen LogP contribution in [0.15, 0.2) is 27.6 Å². The van der Waals surface area contributed by atoms with Crippen molar-refractivity contribution in [1.29, 1.82) is 0 Å². The molecule has 1 unspecified atom stereocenters. The van der Waals surface area contributed by atoms with Crippen LogP contribution in [-0.4, -0.2) is 17.4 Å². The molecular weight excluding hydrogens is 284 g/mol. The molecule has 1 rings (SSSR count). The van der Waals surface area contributed by atoms with E-state index in [9.17, 15) is 4.79 Å². The summed E-state index contributed by atoms with van der Waals surface area (Å²) in [5.41, 5.74) is 0.652. The van der Waals surface area contributed by atoms with E-state index in [2.05, 4.69) is 15.9 Å². The summed E-state index contributed by atoms with van der Waals surface area (Å²) in [6, 6.07) is 5.69. The fourth-order valence-electron chi connectivity index (χ4n) is 1.03. The van der Waals surface area contributed by atoms with Gasteiger partial charge in [0.25, 0.3) is 0 Å². The molecule has 0 aliphatic heterocycles. The van der Waals surface area contributed by atoms with Crippen molar-refractivity contribution in [2.24, 2.45) is 0 Å². The molecule has 0 aromatic heterocycles. The van der Waals surface area contributed by atoms with Crippen molar-refractivity contribution in [3.05, 3.63) is 28.2 Å². The zero-order valence-corrected chi connectivity index (χ0v) is 11.0. The summed E-state index contributed by atoms with van der Waals surface area (Å²) in [6.45, 7) is 1.68. The van der Waals surface area contributed by atoms with Gasteiger partial charge in [-0.3, -0.25) is 4.79 Å². The number of halogens is 2. The van der Waals surface area contributed by atoms with E-state index in [4.69, 9.17) is 11.6 Å². The molecule has 0 amide bonds. The van der Waals surface area contributed by atoms with Crippen LogP contribution in [0.5, 0.6) is 0 Å². The molecule has 1 aromatic rings. The summed E-state index contributed by atoms with van der Waals surface area (Å²) < 4.78 is 0.799. The van der Waals surface area contributed by atoms with Gasteiger partial charge in [-0.2, -0.15) is 0 Å². The van der Waals surface area contributed by atoms with Crippen LogP contribution in [0.25, 0.3) is 0 Å². The van der Waals surface area contributed by atoms with Gasteiger partial charge in [0.05, 0.1) is 5.38 Å². The maximum Gasteiger partial charge on any atom is 0.181 e. The minimum absolute atomic E-state index is 0.0468. The van der Waals surface area contributed by atoms with Crippen LogP contribution in [-0.2, 0) is 0 Å². The van der Waals surface area contributed by atoms with E-state index in [1.165, 1.54) is 0 Å². The Hall–Kier alpha value is 0.01000. The Morgan fingerprint density at radius 1 is 1.57 bits per heavy atom. The van der Waals surface area contributed by atoms with Crippen LogP contribution in [0.4, 0.5) is 0 Å². The van der Waals surface area contributed by atoms with Crippen molar-refractivity contribution < 1.29 is 4.79 Å². The lowest BCUT2D eigenvalue weighted by atomic mass is 10.1. The van der Waals surface area contributed by atoms with Gasteiger partial charge in [0.15, 0.2) is 5.78 Å². The molecule has 14 heavy (non-hydrogen) atoms. The monoisotopic (exact) mass is 292 g/mol. The van der Waals surface area contributed by atoms with Gasteiger partial charge in [0.1, 0.15) is 0 Å². The lowest BCUT2D eigenvalue weighted by molar-refractivity contribution is 0.0991. The second kappa shape index (κ2) is 5.19. The van der Waals surface area contributed by atoms with Gasteiger partial charge < -0.3 is 0 Å². The molecule has 0 N–H and O–H groups in total. The number of rotatable bonds is 3. The summed E-state index contributed by atoms with van der Waals surface area (Å²) >= 11 is 10.7. The van der Waals surface area contributed by atoms with Crippen molar-refractivity contribution in [2.75, 3.05) is 6.26 Å². The molecule has 0 spiro atoms. The molecule has 1 aromatic carbocycles. The first-order chi connectivity index (χ1) is 6.56. The van der Waals surface area contributed by atoms with Crippen LogP contribution < -0.4 is 0 Å². The van der Waals surface area contributed by atoms with Crippen LogP contribution in [0, 0.1) is 0 Å². The average Bonchev–Trinajstić information content (AvgIpc) is 2.17. The second-order valence-corrected chi connectivity index (χ2v) is 5.21. The predicted molar refractivity (Wildman–Crippen MR) is 65.6 cm³/mol. The Balaban J connectivity index is 3.12. The summed E-state index contributed by atoms with van der Waals surface area (Å²) in [5, 5.41) is -0.483. The highest BCUT2D eigenvalue weighted by Crippen LogP contribution is 2.25. The highest BCUT2D eigenvalue weighted by atomic mass is 79.9. The number of alkyl halides is 1. The number of Topliss-reactive ketones (excluding diaryl/α,β-unsaturated/α-hetero) is 1. The topological polar surface area (TPSA) is 17.1 Å². The van der Waals surface area contributed by atoms with E-state index in [-0.39, 0.29) is 5.78 Å². The third kappa shape index (κ3) is 2.75. The number of hydrogen-bond acceptors (Lipinski definition) is 2. The van der Waals surface area contributed by atoms with Crippen LogP contribution in [0.1, 0.15) is 17.3 Å². The van der Waals surface area contributed by atoms with E-state index in [1.807, 2.05) is 24.5 Å². The Morgan fingerprint density at radius 2 is 2.21 bits per heavy atom. The SMILES string of the molecule is CSc1ccc(Br)c(C(=O)C(C)Cl)c1. The van der Waals surface area contributed by atoms with Gasteiger partial charge in [-0.1, -0.05) is 15.9 Å². The molecule has 1 atom stereocenters. The maximum absolute atomic E-state index is 11.7. The van der Waals surface area contributed by atoms with E-state index >= 15 is 0 Å². The van der Waals surface area contributed by atoms with E-state index in [0.717, 1.165) is 9.37 Å². The number of thioether (sulfide) groups is 1. The molecule has 4 heteroatoms. The molecule has 76 valence electrons. The molecule has 0 radical (unpaired) electrons. The first-order valence-electron chi connectivity index (χ1n) is 4.08. The van der Waals surface area contributed by atoms with Crippen LogP contribution in [0.2, 0.25) is 0 Å². The molecule has 0 saturated heterocycles. The number of ketones is 1. The zero-order chi connectivity index (χ0) is 10.7. The normalized spacial score (nSPS) is 12.6. The summed E-state index contributed by atoms with van der Waals surface area (Å²) in [4.78, 5) is 12.7. The number of carbonyl (C=O) groups is 1. The van der Waals surface area contributed by atoms with E-state index in [0.29, 0.717) is 5.56 Å². The summed E-state index contributed by atoms with van der Waals surface area (Å²) in [5.74, 6) is -0.0468. The van der Waals surface area contributed by atoms with Gasteiger partial charge in [0, 0.05) is 14.9 Å². The molecule has 0 bridgehead atoms. The third-order valence-electron chi connectivity index (χ3n) is 1.80. The van der Waals surface area contributed by atoms with Gasteiger partial charge >= 0.3 is 0 Å². The van der Waals surface area contributed by atoms with Crippen LogP contribution in [0.3, 0.4) is 0 Å². The summed E-state index contributed by atoms with van der Waals surface area (Å²) in [6.07, 6.45) is 1.97. The fraction of sp³-hybridized carbons (Fsp3) is 0.300. The Kier molecular flexibility index (Phi) is 4.48. The lowest BCUT2D eigenvalue weighted by Crippen LogP contribution is -2.11. The smallest absolute Gasteiger partial charge is 0.181 e. The van der Waals surface area contributed by atoms with Crippen molar-refractivity contribution in [2.45, 2.75) is 17.2 Å². The molecule has 1 nitrogen and oxygen atoms in total. The first-order valence-corrected chi connectivity index (χ1v) is 6.53. The minimum Gasteiger partial charge on any atom is -0.292 e. The number of carbonyl (C=O) groups excluding carboxylic acids is 1. The fourth-order valence-corrected chi connectivity index (χ4v) is 2.03. The maximum atomic E-state index is 11.7. The average molecular weight is 294 g/mol. The van der Waals surface area contributed by atoms with Crippen molar-refractivity contribution >= 4 is 45.1 Å². The van der Waals surface area contributed by atoms with Gasteiger partial charge in [-0.15, -0.1) is 23.4 Å². The predicted octanol–water partition coefficient (Wildman–Crippen LogP) is 3.98. The molecule has 0 saturated carbocycles. The van der Waals surface area contributed by atoms with Gasteiger partial charge in [-0.05, 0) is 31.4 Å². The molecule has 0 heterocycles. The summed E-state index contributed by atoms with van der Waals surface area (Å²) in [7, 11) is 0. The zero-order valence-electron chi connectivity index (χ0n) is 7.88. The van der Waals surface area contributed by atoms with Gasteiger partial charge in [-0.25, -0.2) is 0 Å².